The molecule has 39 heavy (non-hydrogen) atoms. The van der Waals surface area contributed by atoms with Gasteiger partial charge in [-0.05, 0) is 61.3 Å². The van der Waals surface area contributed by atoms with Crippen LogP contribution in [0.15, 0.2) is 30.3 Å². The maximum absolute atomic E-state index is 13.1. The molecule has 206 valence electrons. The fraction of sp³-hybridized carbons (Fsp3) is 0.600. The summed E-state index contributed by atoms with van der Waals surface area (Å²) < 4.78 is 2.09. The summed E-state index contributed by atoms with van der Waals surface area (Å²) in [5.41, 5.74) is 4.19. The number of likely N-dealkylation sites (tertiary alicyclic amines) is 2. The van der Waals surface area contributed by atoms with Crippen LogP contribution in [0.1, 0.15) is 106 Å². The van der Waals surface area contributed by atoms with Crippen LogP contribution in [0, 0.1) is 5.41 Å². The highest BCUT2D eigenvalue weighted by Crippen LogP contribution is 2.56. The molecule has 9 nitrogen and oxygen atoms in total. The lowest BCUT2D eigenvalue weighted by Crippen LogP contribution is -2.67. The number of hydrogen-bond donors (Lipinski definition) is 2. The van der Waals surface area contributed by atoms with Crippen molar-refractivity contribution in [2.75, 3.05) is 26.2 Å². The number of carbonyl (C=O) groups excluding carboxylic acids is 1. The summed E-state index contributed by atoms with van der Waals surface area (Å²) in [7, 11) is 0. The van der Waals surface area contributed by atoms with Crippen molar-refractivity contribution >= 4 is 6.03 Å². The Labute approximate surface area is 229 Å². The zero-order valence-electron chi connectivity index (χ0n) is 23.4. The van der Waals surface area contributed by atoms with E-state index in [4.69, 9.17) is 5.10 Å². The number of H-pyrrole nitrogens is 1. The molecule has 2 aliphatic heterocycles. The van der Waals surface area contributed by atoms with Gasteiger partial charge in [-0.15, -0.1) is 0 Å². The average molecular weight is 530 g/mol. The number of rotatable bonds is 6. The van der Waals surface area contributed by atoms with Crippen molar-refractivity contribution in [3.63, 3.8) is 0 Å². The maximum atomic E-state index is 13.1. The lowest BCUT2D eigenvalue weighted by Gasteiger charge is -2.59. The summed E-state index contributed by atoms with van der Waals surface area (Å²) in [6, 6.07) is 11.1. The van der Waals surface area contributed by atoms with Gasteiger partial charge in [0.25, 0.3) is 0 Å². The van der Waals surface area contributed by atoms with E-state index in [-0.39, 0.29) is 11.4 Å². The van der Waals surface area contributed by atoms with Gasteiger partial charge in [-0.2, -0.15) is 10.2 Å². The molecule has 3 aromatic rings. The van der Waals surface area contributed by atoms with E-state index in [1.807, 2.05) is 9.80 Å². The first-order chi connectivity index (χ1) is 18.6. The molecule has 4 aliphatic rings. The standard InChI is InChI=1S/C30H39N7O2/c1-18(2)24-11-25(19(3)4)37(34-24)23-7-5-20(6-8-23)22-14-35(15-22)28(38)36-16-29(17-36)12-21(13-29)26-31-27(33-32-26)30(39)9-10-30/h5-8,11,18-19,21-22,39H,9-10,12-17H2,1-4H3,(H,31,32,33). The molecule has 2 saturated heterocycles. The Hall–Kier alpha value is -3.20. The molecule has 2 saturated carbocycles. The Morgan fingerprint density at radius 3 is 2.31 bits per heavy atom. The molecule has 2 aliphatic carbocycles. The Balaban J connectivity index is 0.907. The number of aliphatic hydroxyl groups is 1. The minimum absolute atomic E-state index is 0.175. The number of aromatic nitrogens is 5. The highest BCUT2D eigenvalue weighted by Gasteiger charge is 2.56. The minimum atomic E-state index is -0.790. The molecular weight excluding hydrogens is 490 g/mol. The number of benzene rings is 1. The zero-order valence-corrected chi connectivity index (χ0v) is 23.4. The number of carbonyl (C=O) groups is 1. The van der Waals surface area contributed by atoms with E-state index in [2.05, 4.69) is 77.9 Å². The summed E-state index contributed by atoms with van der Waals surface area (Å²) in [5, 5.41) is 22.4. The topological polar surface area (TPSA) is 103 Å². The van der Waals surface area contributed by atoms with Crippen LogP contribution in [0.3, 0.4) is 0 Å². The molecule has 9 heteroatoms. The quantitative estimate of drug-likeness (QED) is 0.485. The molecule has 2 aromatic heterocycles. The van der Waals surface area contributed by atoms with Gasteiger partial charge >= 0.3 is 6.03 Å². The van der Waals surface area contributed by atoms with Gasteiger partial charge in [-0.3, -0.25) is 5.10 Å². The molecule has 7 rings (SSSR count). The van der Waals surface area contributed by atoms with Crippen molar-refractivity contribution in [2.24, 2.45) is 5.41 Å². The molecule has 0 bridgehead atoms. The highest BCUT2D eigenvalue weighted by atomic mass is 16.3. The maximum Gasteiger partial charge on any atom is 0.320 e. The third-order valence-corrected chi connectivity index (χ3v) is 9.41. The van der Waals surface area contributed by atoms with Crippen LogP contribution in [0.4, 0.5) is 4.79 Å². The number of urea groups is 1. The monoisotopic (exact) mass is 529 g/mol. The Morgan fingerprint density at radius 2 is 1.69 bits per heavy atom. The van der Waals surface area contributed by atoms with Crippen LogP contribution in [-0.2, 0) is 5.60 Å². The van der Waals surface area contributed by atoms with Crippen molar-refractivity contribution in [2.45, 2.75) is 82.7 Å². The van der Waals surface area contributed by atoms with Gasteiger partial charge in [0, 0.05) is 49.1 Å². The largest absolute Gasteiger partial charge is 0.382 e. The number of amides is 2. The molecule has 4 fully saturated rings. The molecular formula is C30H39N7O2. The SMILES string of the molecule is CC(C)c1cc(C(C)C)n(-c2ccc(C3CN(C(=O)N4CC5(CC(c6nc(C7(O)CC7)n[nH]6)C5)C4)C3)cc2)n1. The molecule has 0 radical (unpaired) electrons. The summed E-state index contributed by atoms with van der Waals surface area (Å²) in [6.45, 7) is 12.0. The minimum Gasteiger partial charge on any atom is -0.382 e. The fourth-order valence-electron chi connectivity index (χ4n) is 6.59. The summed E-state index contributed by atoms with van der Waals surface area (Å²) in [5.74, 6) is 2.99. The Bertz CT molecular complexity index is 1380. The van der Waals surface area contributed by atoms with Gasteiger partial charge in [0.15, 0.2) is 5.82 Å². The zero-order chi connectivity index (χ0) is 27.1. The van der Waals surface area contributed by atoms with Crippen LogP contribution in [-0.4, -0.2) is 72.1 Å². The van der Waals surface area contributed by atoms with Crippen molar-refractivity contribution in [3.8, 4) is 5.69 Å². The normalized spacial score (nSPS) is 21.8. The van der Waals surface area contributed by atoms with E-state index in [0.29, 0.717) is 29.5 Å². The van der Waals surface area contributed by atoms with Crippen molar-refractivity contribution in [3.05, 3.63) is 58.9 Å². The molecule has 0 unspecified atom stereocenters. The van der Waals surface area contributed by atoms with Crippen LogP contribution in [0.5, 0.6) is 0 Å². The van der Waals surface area contributed by atoms with E-state index in [9.17, 15) is 9.90 Å². The van der Waals surface area contributed by atoms with Gasteiger partial charge in [-0.25, -0.2) is 14.5 Å². The second kappa shape index (κ2) is 8.65. The number of aromatic amines is 1. The second-order valence-corrected chi connectivity index (χ2v) is 13.2. The summed E-state index contributed by atoms with van der Waals surface area (Å²) in [4.78, 5) is 21.6. The van der Waals surface area contributed by atoms with Crippen LogP contribution < -0.4 is 0 Å². The Kier molecular flexibility index (Phi) is 5.50. The van der Waals surface area contributed by atoms with E-state index in [1.165, 1.54) is 11.3 Å². The van der Waals surface area contributed by atoms with E-state index in [0.717, 1.165) is 69.1 Å². The highest BCUT2D eigenvalue weighted by molar-refractivity contribution is 5.77. The lowest BCUT2D eigenvalue weighted by molar-refractivity contribution is -0.0602. The van der Waals surface area contributed by atoms with Gasteiger partial charge in [0.1, 0.15) is 11.4 Å². The number of hydrogen-bond acceptors (Lipinski definition) is 5. The van der Waals surface area contributed by atoms with Crippen molar-refractivity contribution in [1.82, 2.24) is 34.8 Å². The van der Waals surface area contributed by atoms with Crippen molar-refractivity contribution in [1.29, 1.82) is 0 Å². The fourth-order valence-corrected chi connectivity index (χ4v) is 6.59. The predicted molar refractivity (Wildman–Crippen MR) is 147 cm³/mol. The first-order valence-electron chi connectivity index (χ1n) is 14.5. The smallest absolute Gasteiger partial charge is 0.320 e. The number of nitrogens with zero attached hydrogens (tertiary/aromatic N) is 6. The van der Waals surface area contributed by atoms with Crippen LogP contribution in [0.2, 0.25) is 0 Å². The third kappa shape index (κ3) is 4.17. The Morgan fingerprint density at radius 1 is 1.00 bits per heavy atom. The lowest BCUT2D eigenvalue weighted by atomic mass is 9.57. The molecule has 1 aromatic carbocycles. The van der Waals surface area contributed by atoms with Crippen LogP contribution in [0.25, 0.3) is 5.69 Å². The predicted octanol–water partition coefficient (Wildman–Crippen LogP) is 4.62. The van der Waals surface area contributed by atoms with E-state index < -0.39 is 5.60 Å². The first kappa shape index (κ1) is 24.8. The molecule has 4 heterocycles. The molecule has 2 amide bonds. The summed E-state index contributed by atoms with van der Waals surface area (Å²) >= 11 is 0. The van der Waals surface area contributed by atoms with Gasteiger partial charge < -0.3 is 14.9 Å². The van der Waals surface area contributed by atoms with Crippen molar-refractivity contribution < 1.29 is 9.90 Å². The first-order valence-corrected chi connectivity index (χ1v) is 14.5. The van der Waals surface area contributed by atoms with Gasteiger partial charge in [-0.1, -0.05) is 39.8 Å². The second-order valence-electron chi connectivity index (χ2n) is 13.2. The van der Waals surface area contributed by atoms with E-state index >= 15 is 0 Å². The van der Waals surface area contributed by atoms with Crippen LogP contribution >= 0.6 is 0 Å². The average Bonchev–Trinajstić information content (AvgIpc) is 3.21. The third-order valence-electron chi connectivity index (χ3n) is 9.41. The van der Waals surface area contributed by atoms with Gasteiger partial charge in [0.05, 0.1) is 11.4 Å². The molecule has 2 N–H and O–H groups in total. The molecule has 1 spiro atoms. The van der Waals surface area contributed by atoms with E-state index in [1.54, 1.807) is 0 Å². The number of nitrogens with one attached hydrogen (secondary N) is 1. The molecule has 0 atom stereocenters. The summed E-state index contributed by atoms with van der Waals surface area (Å²) in [6.07, 6.45) is 3.57. The van der Waals surface area contributed by atoms with Gasteiger partial charge in [0.2, 0.25) is 0 Å².